The van der Waals surface area contributed by atoms with Crippen molar-refractivity contribution < 1.29 is 14.4 Å². The summed E-state index contributed by atoms with van der Waals surface area (Å²) in [6.07, 6.45) is 1.95. The van der Waals surface area contributed by atoms with Gasteiger partial charge in [0, 0.05) is 25.1 Å². The molecule has 2 aliphatic heterocycles. The van der Waals surface area contributed by atoms with E-state index in [4.69, 9.17) is 32.8 Å². The molecule has 0 bridgehead atoms. The monoisotopic (exact) mass is 342 g/mol. The van der Waals surface area contributed by atoms with Gasteiger partial charge in [-0.15, -0.1) is 0 Å². The van der Waals surface area contributed by atoms with Crippen LogP contribution in [0.1, 0.15) is 24.8 Å². The molecule has 0 aliphatic carbocycles. The number of nitrogens with one attached hydrogen (secondary N) is 1. The number of ether oxygens (including phenoxy) is 1. The van der Waals surface area contributed by atoms with E-state index in [-0.39, 0.29) is 12.0 Å². The Morgan fingerprint density at radius 3 is 2.95 bits per heavy atom. The lowest BCUT2D eigenvalue weighted by atomic mass is 10.0. The average Bonchev–Trinajstić information content (AvgIpc) is 3.18. The predicted molar refractivity (Wildman–Crippen MR) is 84.5 cm³/mol. The van der Waals surface area contributed by atoms with Crippen LogP contribution >= 0.6 is 23.2 Å². The van der Waals surface area contributed by atoms with E-state index in [0.717, 1.165) is 25.0 Å². The molecular formula is C15H16Cl2N2O3. The molecule has 0 saturated carbocycles. The highest BCUT2D eigenvalue weighted by Crippen LogP contribution is 2.25. The highest BCUT2D eigenvalue weighted by atomic mass is 35.5. The molecule has 1 aromatic rings. The third-order valence-electron chi connectivity index (χ3n) is 3.74. The number of carbonyl (C=O) groups is 1. The van der Waals surface area contributed by atoms with Crippen molar-refractivity contribution in [1.29, 1.82) is 0 Å². The average molecular weight is 343 g/mol. The fourth-order valence-electron chi connectivity index (χ4n) is 2.50. The summed E-state index contributed by atoms with van der Waals surface area (Å²) in [7, 11) is 0. The minimum Gasteiger partial charge on any atom is -0.382 e. The Kier molecular flexibility index (Phi) is 4.86. The van der Waals surface area contributed by atoms with E-state index in [9.17, 15) is 4.79 Å². The van der Waals surface area contributed by atoms with Crippen LogP contribution in [0.3, 0.4) is 0 Å². The molecule has 118 valence electrons. The van der Waals surface area contributed by atoms with Crippen LogP contribution in [0.2, 0.25) is 10.0 Å². The van der Waals surface area contributed by atoms with E-state index in [1.165, 1.54) is 0 Å². The van der Waals surface area contributed by atoms with Gasteiger partial charge in [0.2, 0.25) is 6.10 Å². The van der Waals surface area contributed by atoms with Gasteiger partial charge in [0.25, 0.3) is 5.91 Å². The van der Waals surface area contributed by atoms with Gasteiger partial charge in [-0.25, -0.2) is 0 Å². The van der Waals surface area contributed by atoms with Gasteiger partial charge in [0.1, 0.15) is 0 Å². The Hall–Kier alpha value is -1.30. The van der Waals surface area contributed by atoms with Crippen molar-refractivity contribution in [3.8, 4) is 0 Å². The Morgan fingerprint density at radius 1 is 1.36 bits per heavy atom. The number of carbonyl (C=O) groups excluding carboxylic acids is 1. The minimum atomic E-state index is -0.606. The first kappa shape index (κ1) is 15.6. The van der Waals surface area contributed by atoms with Gasteiger partial charge in [-0.05, 0) is 25.0 Å². The van der Waals surface area contributed by atoms with Crippen molar-refractivity contribution in [3.05, 3.63) is 33.8 Å². The molecule has 7 heteroatoms. The molecule has 22 heavy (non-hydrogen) atoms. The second-order valence-electron chi connectivity index (χ2n) is 5.35. The third-order valence-corrected chi connectivity index (χ3v) is 4.48. The van der Waals surface area contributed by atoms with Crippen LogP contribution in [0.5, 0.6) is 0 Å². The second kappa shape index (κ2) is 6.86. The van der Waals surface area contributed by atoms with Crippen molar-refractivity contribution in [1.82, 2.24) is 5.32 Å². The quantitative estimate of drug-likeness (QED) is 0.915. The maximum Gasteiger partial charge on any atom is 0.264 e. The summed E-state index contributed by atoms with van der Waals surface area (Å²) in [4.78, 5) is 17.3. The number of hydrogen-bond donors (Lipinski definition) is 1. The summed E-state index contributed by atoms with van der Waals surface area (Å²) in [6, 6.07) is 5.23. The lowest BCUT2D eigenvalue weighted by Gasteiger charge is -2.13. The zero-order chi connectivity index (χ0) is 15.5. The normalized spacial score (nSPS) is 24.0. The number of nitrogens with zero attached hydrogens (tertiary/aromatic N) is 1. The Labute approximate surface area is 138 Å². The van der Waals surface area contributed by atoms with Crippen molar-refractivity contribution in [2.45, 2.75) is 31.5 Å². The summed E-state index contributed by atoms with van der Waals surface area (Å²) < 4.78 is 5.47. The molecule has 2 aliphatic rings. The van der Waals surface area contributed by atoms with Gasteiger partial charge in [-0.2, -0.15) is 0 Å². The van der Waals surface area contributed by atoms with Gasteiger partial charge in [0.05, 0.1) is 21.9 Å². The zero-order valence-corrected chi connectivity index (χ0v) is 13.4. The molecule has 1 aromatic carbocycles. The smallest absolute Gasteiger partial charge is 0.264 e. The Morgan fingerprint density at radius 2 is 2.23 bits per heavy atom. The first-order chi connectivity index (χ1) is 10.6. The van der Waals surface area contributed by atoms with E-state index in [1.807, 2.05) is 6.07 Å². The SMILES string of the molecule is O=C(NCC1CCCO1)C1CC(c2ccc(Cl)c(Cl)c2)=NO1. The van der Waals surface area contributed by atoms with Crippen LogP contribution in [-0.2, 0) is 14.4 Å². The van der Waals surface area contributed by atoms with Crippen LogP contribution in [0.4, 0.5) is 0 Å². The second-order valence-corrected chi connectivity index (χ2v) is 6.16. The van der Waals surface area contributed by atoms with E-state index >= 15 is 0 Å². The molecule has 1 saturated heterocycles. The highest BCUT2D eigenvalue weighted by Gasteiger charge is 2.29. The summed E-state index contributed by atoms with van der Waals surface area (Å²) in [5.41, 5.74) is 1.50. The molecule has 3 rings (SSSR count). The summed E-state index contributed by atoms with van der Waals surface area (Å²) in [5, 5.41) is 7.77. The number of rotatable bonds is 4. The fraction of sp³-hybridized carbons (Fsp3) is 0.467. The first-order valence-corrected chi connectivity index (χ1v) is 7.96. The summed E-state index contributed by atoms with van der Waals surface area (Å²) >= 11 is 11.9. The Bertz CT molecular complexity index is 600. The molecule has 2 heterocycles. The Balaban J connectivity index is 1.54. The van der Waals surface area contributed by atoms with E-state index < -0.39 is 6.10 Å². The zero-order valence-electron chi connectivity index (χ0n) is 11.9. The minimum absolute atomic E-state index is 0.112. The fourth-order valence-corrected chi connectivity index (χ4v) is 2.80. The predicted octanol–water partition coefficient (Wildman–Crippen LogP) is 2.78. The number of oxime groups is 1. The molecule has 1 fully saturated rings. The number of amides is 1. The largest absolute Gasteiger partial charge is 0.382 e. The molecule has 1 amide bonds. The molecule has 0 radical (unpaired) electrons. The molecule has 5 nitrogen and oxygen atoms in total. The van der Waals surface area contributed by atoms with Gasteiger partial charge in [-0.1, -0.05) is 34.4 Å². The maximum absolute atomic E-state index is 12.1. The van der Waals surface area contributed by atoms with Gasteiger partial charge >= 0.3 is 0 Å². The van der Waals surface area contributed by atoms with E-state index in [2.05, 4.69) is 10.5 Å². The third kappa shape index (κ3) is 3.54. The van der Waals surface area contributed by atoms with Crippen LogP contribution < -0.4 is 5.32 Å². The number of benzene rings is 1. The first-order valence-electron chi connectivity index (χ1n) is 7.21. The molecule has 2 atom stereocenters. The van der Waals surface area contributed by atoms with Gasteiger partial charge < -0.3 is 14.9 Å². The van der Waals surface area contributed by atoms with Crippen molar-refractivity contribution in [2.24, 2.45) is 5.16 Å². The highest BCUT2D eigenvalue weighted by molar-refractivity contribution is 6.42. The molecule has 0 aromatic heterocycles. The molecular weight excluding hydrogens is 327 g/mol. The van der Waals surface area contributed by atoms with E-state index in [0.29, 0.717) is 28.7 Å². The topological polar surface area (TPSA) is 59.9 Å². The number of halogens is 2. The summed E-state index contributed by atoms with van der Waals surface area (Å²) in [6.45, 7) is 1.28. The van der Waals surface area contributed by atoms with Crippen molar-refractivity contribution in [2.75, 3.05) is 13.2 Å². The molecule has 0 spiro atoms. The van der Waals surface area contributed by atoms with Crippen molar-refractivity contribution >= 4 is 34.8 Å². The van der Waals surface area contributed by atoms with Crippen LogP contribution in [-0.4, -0.2) is 37.0 Å². The summed E-state index contributed by atoms with van der Waals surface area (Å²) in [5.74, 6) is -0.172. The van der Waals surface area contributed by atoms with Crippen LogP contribution in [0, 0.1) is 0 Å². The molecule has 2 unspecified atom stereocenters. The van der Waals surface area contributed by atoms with Gasteiger partial charge in [0.15, 0.2) is 0 Å². The number of hydrogen-bond acceptors (Lipinski definition) is 4. The lowest BCUT2D eigenvalue weighted by molar-refractivity contribution is -0.131. The van der Waals surface area contributed by atoms with Crippen molar-refractivity contribution in [3.63, 3.8) is 0 Å². The molecule has 1 N–H and O–H groups in total. The van der Waals surface area contributed by atoms with Gasteiger partial charge in [-0.3, -0.25) is 4.79 Å². The maximum atomic E-state index is 12.1. The lowest BCUT2D eigenvalue weighted by Crippen LogP contribution is -2.39. The van der Waals surface area contributed by atoms with Crippen LogP contribution in [0.15, 0.2) is 23.4 Å². The van der Waals surface area contributed by atoms with Crippen LogP contribution in [0.25, 0.3) is 0 Å². The standard InChI is InChI=1S/C15H16Cl2N2O3/c16-11-4-3-9(6-12(11)17)13-7-14(22-19-13)15(20)18-8-10-2-1-5-21-10/h3-4,6,10,14H,1-2,5,7-8H2,(H,18,20). The van der Waals surface area contributed by atoms with E-state index in [1.54, 1.807) is 12.1 Å².